The Morgan fingerprint density at radius 3 is 2.44 bits per heavy atom. The maximum absolute atomic E-state index is 10.6. The lowest BCUT2D eigenvalue weighted by atomic mass is 9.87. The van der Waals surface area contributed by atoms with Crippen molar-refractivity contribution in [1.29, 1.82) is 0 Å². The van der Waals surface area contributed by atoms with E-state index in [0.717, 1.165) is 24.8 Å². The molecule has 1 saturated heterocycles. The standard InChI is InChI=1S/C15H29NO2/c1-4-5-13(6-7-15(17)18)8-9-16-10-14(11-16)12(2)3/h12-14H,4-11H2,1-3H3,(H,17,18). The van der Waals surface area contributed by atoms with Crippen LogP contribution in [0.4, 0.5) is 0 Å². The lowest BCUT2D eigenvalue weighted by molar-refractivity contribution is -0.137. The molecule has 1 unspecified atom stereocenters. The summed E-state index contributed by atoms with van der Waals surface area (Å²) in [7, 11) is 0. The molecule has 106 valence electrons. The molecule has 18 heavy (non-hydrogen) atoms. The molecule has 0 radical (unpaired) electrons. The van der Waals surface area contributed by atoms with Crippen LogP contribution < -0.4 is 0 Å². The zero-order chi connectivity index (χ0) is 13.5. The maximum atomic E-state index is 10.6. The molecule has 0 spiro atoms. The Hall–Kier alpha value is -0.570. The second kappa shape index (κ2) is 7.78. The number of rotatable bonds is 9. The van der Waals surface area contributed by atoms with Crippen LogP contribution in [0.5, 0.6) is 0 Å². The fraction of sp³-hybridized carbons (Fsp3) is 0.933. The molecule has 1 aliphatic heterocycles. The summed E-state index contributed by atoms with van der Waals surface area (Å²) >= 11 is 0. The van der Waals surface area contributed by atoms with E-state index in [1.807, 2.05) is 0 Å². The minimum Gasteiger partial charge on any atom is -0.481 e. The van der Waals surface area contributed by atoms with Crippen LogP contribution in [-0.2, 0) is 4.79 Å². The van der Waals surface area contributed by atoms with Crippen LogP contribution in [0.1, 0.15) is 52.9 Å². The molecule has 1 aliphatic rings. The molecule has 0 bridgehead atoms. The van der Waals surface area contributed by atoms with Gasteiger partial charge in [-0.2, -0.15) is 0 Å². The number of likely N-dealkylation sites (tertiary alicyclic amines) is 1. The maximum Gasteiger partial charge on any atom is 0.303 e. The van der Waals surface area contributed by atoms with Gasteiger partial charge < -0.3 is 10.0 Å². The highest BCUT2D eigenvalue weighted by molar-refractivity contribution is 5.66. The largest absolute Gasteiger partial charge is 0.481 e. The van der Waals surface area contributed by atoms with E-state index in [9.17, 15) is 4.79 Å². The van der Waals surface area contributed by atoms with E-state index in [1.54, 1.807) is 0 Å². The van der Waals surface area contributed by atoms with E-state index in [-0.39, 0.29) is 0 Å². The molecule has 0 aliphatic carbocycles. The number of carboxylic acid groups (broad SMARTS) is 1. The molecule has 0 aromatic heterocycles. The van der Waals surface area contributed by atoms with E-state index >= 15 is 0 Å². The van der Waals surface area contributed by atoms with Crippen molar-refractivity contribution in [3.8, 4) is 0 Å². The molecule has 3 heteroatoms. The van der Waals surface area contributed by atoms with Crippen molar-refractivity contribution >= 4 is 5.97 Å². The first-order valence-corrected chi connectivity index (χ1v) is 7.47. The second-order valence-electron chi connectivity index (χ2n) is 6.14. The Morgan fingerprint density at radius 2 is 1.94 bits per heavy atom. The summed E-state index contributed by atoms with van der Waals surface area (Å²) in [6.07, 6.45) is 4.70. The molecule has 1 heterocycles. The molecule has 1 N–H and O–H groups in total. The molecule has 3 nitrogen and oxygen atoms in total. The molecule has 1 rings (SSSR count). The van der Waals surface area contributed by atoms with Crippen LogP contribution in [-0.4, -0.2) is 35.6 Å². The van der Waals surface area contributed by atoms with E-state index in [1.165, 1.54) is 32.4 Å². The van der Waals surface area contributed by atoms with Gasteiger partial charge in [-0.1, -0.05) is 33.6 Å². The van der Waals surface area contributed by atoms with Crippen molar-refractivity contribution in [2.75, 3.05) is 19.6 Å². The highest BCUT2D eigenvalue weighted by Crippen LogP contribution is 2.25. The molecular weight excluding hydrogens is 226 g/mol. The van der Waals surface area contributed by atoms with Gasteiger partial charge in [-0.25, -0.2) is 0 Å². The minimum absolute atomic E-state index is 0.333. The Balaban J connectivity index is 2.16. The average molecular weight is 255 g/mol. The highest BCUT2D eigenvalue weighted by Gasteiger charge is 2.28. The molecule has 0 aromatic carbocycles. The second-order valence-corrected chi connectivity index (χ2v) is 6.14. The first-order valence-electron chi connectivity index (χ1n) is 7.47. The molecule has 0 amide bonds. The third-order valence-corrected chi connectivity index (χ3v) is 4.25. The van der Waals surface area contributed by atoms with Crippen LogP contribution in [0.15, 0.2) is 0 Å². The van der Waals surface area contributed by atoms with E-state index < -0.39 is 5.97 Å². The van der Waals surface area contributed by atoms with Gasteiger partial charge in [-0.05, 0) is 37.1 Å². The lowest BCUT2D eigenvalue weighted by Gasteiger charge is -2.42. The topological polar surface area (TPSA) is 40.5 Å². The summed E-state index contributed by atoms with van der Waals surface area (Å²) in [4.78, 5) is 13.1. The van der Waals surface area contributed by atoms with Crippen LogP contribution in [0.25, 0.3) is 0 Å². The summed E-state index contributed by atoms with van der Waals surface area (Å²) in [5.74, 6) is 1.64. The Morgan fingerprint density at radius 1 is 1.28 bits per heavy atom. The predicted molar refractivity (Wildman–Crippen MR) is 74.7 cm³/mol. The molecule has 0 saturated carbocycles. The van der Waals surface area contributed by atoms with Crippen molar-refractivity contribution in [3.63, 3.8) is 0 Å². The number of hydrogen-bond donors (Lipinski definition) is 1. The Labute approximate surface area is 112 Å². The molecular formula is C15H29NO2. The summed E-state index contributed by atoms with van der Waals surface area (Å²) in [5.41, 5.74) is 0. The SMILES string of the molecule is CCCC(CCC(=O)O)CCN1CC(C(C)C)C1. The summed E-state index contributed by atoms with van der Waals surface area (Å²) in [6.45, 7) is 10.4. The van der Waals surface area contributed by atoms with Crippen molar-refractivity contribution in [1.82, 2.24) is 4.90 Å². The van der Waals surface area contributed by atoms with Crippen molar-refractivity contribution in [2.45, 2.75) is 52.9 Å². The van der Waals surface area contributed by atoms with Crippen molar-refractivity contribution in [3.05, 3.63) is 0 Å². The number of carbonyl (C=O) groups is 1. The summed E-state index contributed by atoms with van der Waals surface area (Å²) in [6, 6.07) is 0. The smallest absolute Gasteiger partial charge is 0.303 e. The number of aliphatic carboxylic acids is 1. The van der Waals surface area contributed by atoms with Gasteiger partial charge in [0.2, 0.25) is 0 Å². The van der Waals surface area contributed by atoms with Gasteiger partial charge in [0, 0.05) is 19.5 Å². The number of hydrogen-bond acceptors (Lipinski definition) is 2. The number of nitrogens with zero attached hydrogens (tertiary/aromatic N) is 1. The van der Waals surface area contributed by atoms with E-state index in [0.29, 0.717) is 12.3 Å². The monoisotopic (exact) mass is 255 g/mol. The molecule has 0 aromatic rings. The quantitative estimate of drug-likeness (QED) is 0.687. The third-order valence-electron chi connectivity index (χ3n) is 4.25. The Bertz CT molecular complexity index is 247. The van der Waals surface area contributed by atoms with Gasteiger partial charge in [0.05, 0.1) is 0 Å². The van der Waals surface area contributed by atoms with Gasteiger partial charge in [-0.15, -0.1) is 0 Å². The first-order chi connectivity index (χ1) is 8.52. The van der Waals surface area contributed by atoms with E-state index in [2.05, 4.69) is 25.7 Å². The van der Waals surface area contributed by atoms with Crippen LogP contribution in [0.2, 0.25) is 0 Å². The Kier molecular flexibility index (Phi) is 6.69. The van der Waals surface area contributed by atoms with Crippen LogP contribution >= 0.6 is 0 Å². The highest BCUT2D eigenvalue weighted by atomic mass is 16.4. The minimum atomic E-state index is -0.653. The number of carboxylic acids is 1. The van der Waals surface area contributed by atoms with Crippen molar-refractivity contribution in [2.24, 2.45) is 17.8 Å². The zero-order valence-electron chi connectivity index (χ0n) is 12.2. The van der Waals surface area contributed by atoms with Gasteiger partial charge in [-0.3, -0.25) is 4.79 Å². The zero-order valence-corrected chi connectivity index (χ0v) is 12.2. The normalized spacial score (nSPS) is 18.9. The van der Waals surface area contributed by atoms with Gasteiger partial charge >= 0.3 is 5.97 Å². The summed E-state index contributed by atoms with van der Waals surface area (Å²) < 4.78 is 0. The van der Waals surface area contributed by atoms with Gasteiger partial charge in [0.1, 0.15) is 0 Å². The molecule has 1 atom stereocenters. The van der Waals surface area contributed by atoms with Gasteiger partial charge in [0.15, 0.2) is 0 Å². The third kappa shape index (κ3) is 5.38. The summed E-state index contributed by atoms with van der Waals surface area (Å²) in [5, 5.41) is 8.75. The molecule has 1 fully saturated rings. The van der Waals surface area contributed by atoms with Crippen molar-refractivity contribution < 1.29 is 9.90 Å². The first kappa shape index (κ1) is 15.5. The lowest BCUT2D eigenvalue weighted by Crippen LogP contribution is -2.49. The van der Waals surface area contributed by atoms with E-state index in [4.69, 9.17) is 5.11 Å². The van der Waals surface area contributed by atoms with Crippen LogP contribution in [0.3, 0.4) is 0 Å². The fourth-order valence-corrected chi connectivity index (χ4v) is 2.75. The van der Waals surface area contributed by atoms with Gasteiger partial charge in [0.25, 0.3) is 0 Å². The average Bonchev–Trinajstić information content (AvgIpc) is 2.22. The van der Waals surface area contributed by atoms with Crippen LogP contribution in [0, 0.1) is 17.8 Å². The predicted octanol–water partition coefficient (Wildman–Crippen LogP) is 3.25. The fourth-order valence-electron chi connectivity index (χ4n) is 2.75.